The number of nitrogens with zero attached hydrogens (tertiary/aromatic N) is 3. The van der Waals surface area contributed by atoms with E-state index in [1.165, 1.54) is 7.05 Å². The standard InChI is InChI=1S/C16H18N4O2S2/c1-16(10-24(21,22)20(2)15(18)19-16)14-7-13(9-23-14)12-5-3-4-11(6-12)8-17/h3-6,9,14H,7,10H2,1-2H3,(H2,18,19)/t14?,16-/m0/s1. The third-order valence-corrected chi connectivity index (χ3v) is 7.81. The lowest BCUT2D eigenvalue weighted by atomic mass is 9.92. The molecule has 2 aliphatic rings. The molecule has 0 bridgehead atoms. The van der Waals surface area contributed by atoms with Crippen LogP contribution >= 0.6 is 11.8 Å². The first-order valence-corrected chi connectivity index (χ1v) is 9.97. The molecule has 1 aromatic rings. The van der Waals surface area contributed by atoms with Crippen molar-refractivity contribution in [3.8, 4) is 6.07 Å². The number of thioether (sulfide) groups is 1. The Morgan fingerprint density at radius 3 is 2.92 bits per heavy atom. The fourth-order valence-electron chi connectivity index (χ4n) is 2.94. The van der Waals surface area contributed by atoms with Crippen LogP contribution in [0, 0.1) is 11.3 Å². The van der Waals surface area contributed by atoms with Crippen LogP contribution in [0.2, 0.25) is 0 Å². The number of aliphatic imine (C=N–C) groups is 1. The van der Waals surface area contributed by atoms with Crippen LogP contribution in [0.4, 0.5) is 0 Å². The second-order valence-corrected chi connectivity index (χ2v) is 9.29. The molecule has 24 heavy (non-hydrogen) atoms. The minimum absolute atomic E-state index is 0.0136. The molecule has 126 valence electrons. The Morgan fingerprint density at radius 2 is 2.25 bits per heavy atom. The number of nitriles is 1. The summed E-state index contributed by atoms with van der Waals surface area (Å²) < 4.78 is 25.6. The van der Waals surface area contributed by atoms with Crippen molar-refractivity contribution in [2.75, 3.05) is 12.8 Å². The van der Waals surface area contributed by atoms with Crippen LogP contribution in [0.25, 0.3) is 5.57 Å². The summed E-state index contributed by atoms with van der Waals surface area (Å²) in [5.41, 5.74) is 7.73. The second kappa shape index (κ2) is 5.83. The van der Waals surface area contributed by atoms with Gasteiger partial charge in [0.2, 0.25) is 16.0 Å². The van der Waals surface area contributed by atoms with Crippen LogP contribution in [0.3, 0.4) is 0 Å². The monoisotopic (exact) mass is 362 g/mol. The van der Waals surface area contributed by atoms with Crippen molar-refractivity contribution in [1.29, 1.82) is 5.26 Å². The highest BCUT2D eigenvalue weighted by molar-refractivity contribution is 8.03. The maximum atomic E-state index is 12.3. The summed E-state index contributed by atoms with van der Waals surface area (Å²) in [6.45, 7) is 1.84. The van der Waals surface area contributed by atoms with Crippen molar-refractivity contribution in [1.82, 2.24) is 4.31 Å². The fraction of sp³-hybridized carbons (Fsp3) is 0.375. The summed E-state index contributed by atoms with van der Waals surface area (Å²) >= 11 is 1.58. The molecule has 3 rings (SSSR count). The quantitative estimate of drug-likeness (QED) is 0.864. The van der Waals surface area contributed by atoms with E-state index in [4.69, 9.17) is 11.0 Å². The van der Waals surface area contributed by atoms with Crippen molar-refractivity contribution in [2.45, 2.75) is 24.1 Å². The average Bonchev–Trinajstić information content (AvgIpc) is 3.03. The van der Waals surface area contributed by atoms with Gasteiger partial charge in [-0.25, -0.2) is 17.7 Å². The van der Waals surface area contributed by atoms with Gasteiger partial charge in [-0.2, -0.15) is 5.26 Å². The number of allylic oxidation sites excluding steroid dienone is 1. The van der Waals surface area contributed by atoms with Crippen LogP contribution < -0.4 is 5.73 Å². The van der Waals surface area contributed by atoms with Gasteiger partial charge in [-0.1, -0.05) is 12.1 Å². The third-order valence-electron chi connectivity index (χ3n) is 4.42. The zero-order valence-electron chi connectivity index (χ0n) is 13.4. The number of benzene rings is 1. The molecule has 0 spiro atoms. The van der Waals surface area contributed by atoms with E-state index in [1.54, 1.807) is 17.8 Å². The molecule has 1 aromatic carbocycles. The van der Waals surface area contributed by atoms with Gasteiger partial charge in [0.25, 0.3) is 0 Å². The molecule has 2 N–H and O–H groups in total. The Morgan fingerprint density at radius 1 is 1.50 bits per heavy atom. The molecule has 0 saturated carbocycles. The van der Waals surface area contributed by atoms with Gasteiger partial charge in [0.05, 0.1) is 22.9 Å². The molecular weight excluding hydrogens is 344 g/mol. The minimum Gasteiger partial charge on any atom is -0.369 e. The second-order valence-electron chi connectivity index (χ2n) is 6.22. The van der Waals surface area contributed by atoms with E-state index in [9.17, 15) is 8.42 Å². The number of sulfonamides is 1. The zero-order chi connectivity index (χ0) is 17.5. The molecule has 2 heterocycles. The fourth-order valence-corrected chi connectivity index (χ4v) is 5.83. The maximum absolute atomic E-state index is 12.3. The highest BCUT2D eigenvalue weighted by atomic mass is 32.2. The maximum Gasteiger partial charge on any atom is 0.239 e. The predicted molar refractivity (Wildman–Crippen MR) is 96.7 cm³/mol. The molecule has 0 amide bonds. The first kappa shape index (κ1) is 16.9. The average molecular weight is 362 g/mol. The van der Waals surface area contributed by atoms with Crippen molar-refractivity contribution < 1.29 is 8.42 Å². The molecule has 0 radical (unpaired) electrons. The SMILES string of the molecule is CN1C(N)=N[C@](C)(C2CC(c3cccc(C#N)c3)=CS2)CS1(=O)=O. The number of hydrogen-bond donors (Lipinski definition) is 1. The van der Waals surface area contributed by atoms with E-state index in [2.05, 4.69) is 11.1 Å². The number of rotatable bonds is 2. The highest BCUT2D eigenvalue weighted by Crippen LogP contribution is 2.44. The van der Waals surface area contributed by atoms with Gasteiger partial charge in [0, 0.05) is 12.3 Å². The Labute approximate surface area is 146 Å². The molecule has 1 unspecified atom stereocenters. The lowest BCUT2D eigenvalue weighted by Crippen LogP contribution is -2.54. The van der Waals surface area contributed by atoms with Crippen LogP contribution in [-0.2, 0) is 10.0 Å². The van der Waals surface area contributed by atoms with Crippen molar-refractivity contribution in [3.63, 3.8) is 0 Å². The topological polar surface area (TPSA) is 99.5 Å². The third kappa shape index (κ3) is 2.89. The van der Waals surface area contributed by atoms with Gasteiger partial charge >= 0.3 is 0 Å². The summed E-state index contributed by atoms with van der Waals surface area (Å²) in [5.74, 6) is -0.0295. The van der Waals surface area contributed by atoms with Crippen LogP contribution in [0.1, 0.15) is 24.5 Å². The molecule has 0 aliphatic carbocycles. The van der Waals surface area contributed by atoms with E-state index in [-0.39, 0.29) is 17.0 Å². The van der Waals surface area contributed by atoms with Gasteiger partial charge in [-0.05, 0) is 42.0 Å². The molecular formula is C16H18N4O2S2. The van der Waals surface area contributed by atoms with Gasteiger partial charge in [0.15, 0.2) is 0 Å². The van der Waals surface area contributed by atoms with Crippen molar-refractivity contribution >= 4 is 33.3 Å². The lowest BCUT2D eigenvalue weighted by Gasteiger charge is -2.37. The molecule has 8 heteroatoms. The van der Waals surface area contributed by atoms with Crippen LogP contribution in [-0.4, -0.2) is 42.3 Å². The van der Waals surface area contributed by atoms with E-state index in [0.717, 1.165) is 15.4 Å². The Balaban J connectivity index is 1.86. The predicted octanol–water partition coefficient (Wildman–Crippen LogP) is 1.75. The summed E-state index contributed by atoms with van der Waals surface area (Å²) in [4.78, 5) is 4.47. The molecule has 2 atom stereocenters. The van der Waals surface area contributed by atoms with Gasteiger partial charge in [-0.15, -0.1) is 11.8 Å². The Kier molecular flexibility index (Phi) is 4.10. The molecule has 2 aliphatic heterocycles. The van der Waals surface area contributed by atoms with Gasteiger partial charge in [-0.3, -0.25) is 0 Å². The molecule has 0 saturated heterocycles. The van der Waals surface area contributed by atoms with Crippen molar-refractivity contribution in [2.24, 2.45) is 10.7 Å². The number of guanidine groups is 1. The molecule has 0 fully saturated rings. The lowest BCUT2D eigenvalue weighted by molar-refractivity contribution is 0.454. The largest absolute Gasteiger partial charge is 0.369 e. The van der Waals surface area contributed by atoms with Gasteiger partial charge < -0.3 is 5.73 Å². The van der Waals surface area contributed by atoms with Crippen LogP contribution in [0.15, 0.2) is 34.7 Å². The number of nitrogens with two attached hydrogens (primary N) is 1. The Bertz CT molecular complexity index is 886. The van der Waals surface area contributed by atoms with E-state index in [0.29, 0.717) is 12.0 Å². The highest BCUT2D eigenvalue weighted by Gasteiger charge is 2.45. The van der Waals surface area contributed by atoms with Crippen LogP contribution in [0.5, 0.6) is 0 Å². The first-order valence-electron chi connectivity index (χ1n) is 7.42. The Hall–Kier alpha value is -1.98. The van der Waals surface area contributed by atoms with E-state index in [1.807, 2.05) is 30.5 Å². The summed E-state index contributed by atoms with van der Waals surface area (Å²) in [5, 5.41) is 11.1. The smallest absolute Gasteiger partial charge is 0.239 e. The minimum atomic E-state index is -3.45. The first-order chi connectivity index (χ1) is 11.2. The molecule has 0 aromatic heterocycles. The zero-order valence-corrected chi connectivity index (χ0v) is 15.1. The number of hydrogen-bond acceptors (Lipinski definition) is 6. The summed E-state index contributed by atoms with van der Waals surface area (Å²) in [6.07, 6.45) is 0.687. The summed E-state index contributed by atoms with van der Waals surface area (Å²) in [7, 11) is -2.03. The normalized spacial score (nSPS) is 28.9. The van der Waals surface area contributed by atoms with Crippen molar-refractivity contribution in [3.05, 3.63) is 40.8 Å². The molecule has 6 nitrogen and oxygen atoms in total. The van der Waals surface area contributed by atoms with Gasteiger partial charge in [0.1, 0.15) is 0 Å². The van der Waals surface area contributed by atoms with E-state index < -0.39 is 15.6 Å². The van der Waals surface area contributed by atoms with E-state index >= 15 is 0 Å². The summed E-state index contributed by atoms with van der Waals surface area (Å²) in [6, 6.07) is 9.56.